The lowest BCUT2D eigenvalue weighted by Crippen LogP contribution is -2.30. The Morgan fingerprint density at radius 1 is 1.19 bits per heavy atom. The van der Waals surface area contributed by atoms with Crippen molar-refractivity contribution in [2.45, 2.75) is 6.54 Å². The summed E-state index contributed by atoms with van der Waals surface area (Å²) in [4.78, 5) is 25.7. The number of benzene rings is 1. The fourth-order valence-corrected chi connectivity index (χ4v) is 3.15. The summed E-state index contributed by atoms with van der Waals surface area (Å²) in [5.41, 5.74) is 2.77. The van der Waals surface area contributed by atoms with Crippen molar-refractivity contribution >= 4 is 46.7 Å². The number of hydrogen-bond donors (Lipinski definition) is 1. The molecule has 0 saturated carbocycles. The SMILES string of the molecule is O=C(N/N=C\c1cccs1)c1cccn(Cc2ccc(Cl)c(Cl)c2)c1=O. The number of halogens is 2. The van der Waals surface area contributed by atoms with E-state index in [1.165, 1.54) is 28.2 Å². The monoisotopic (exact) mass is 405 g/mol. The highest BCUT2D eigenvalue weighted by Gasteiger charge is 2.12. The van der Waals surface area contributed by atoms with E-state index in [1.54, 1.807) is 30.5 Å². The van der Waals surface area contributed by atoms with Gasteiger partial charge in [-0.2, -0.15) is 5.10 Å². The van der Waals surface area contributed by atoms with E-state index < -0.39 is 11.5 Å². The van der Waals surface area contributed by atoms with Crippen LogP contribution in [0.4, 0.5) is 0 Å². The molecule has 0 aliphatic heterocycles. The second-order valence-electron chi connectivity index (χ2n) is 5.32. The second-order valence-corrected chi connectivity index (χ2v) is 7.11. The molecule has 0 aliphatic carbocycles. The van der Waals surface area contributed by atoms with Gasteiger partial charge in [-0.25, -0.2) is 5.43 Å². The maximum atomic E-state index is 12.6. The summed E-state index contributed by atoms with van der Waals surface area (Å²) >= 11 is 13.4. The fourth-order valence-electron chi connectivity index (χ4n) is 2.25. The summed E-state index contributed by atoms with van der Waals surface area (Å²) in [5.74, 6) is -0.564. The number of rotatable bonds is 5. The van der Waals surface area contributed by atoms with Crippen LogP contribution >= 0.6 is 34.5 Å². The van der Waals surface area contributed by atoms with E-state index in [0.29, 0.717) is 10.0 Å². The molecular weight excluding hydrogens is 393 g/mol. The molecule has 132 valence electrons. The zero-order valence-electron chi connectivity index (χ0n) is 13.4. The molecular formula is C18H13Cl2N3O2S. The highest BCUT2D eigenvalue weighted by molar-refractivity contribution is 7.11. The molecule has 1 amide bonds. The molecule has 0 atom stereocenters. The standard InChI is InChI=1S/C18H13Cl2N3O2S/c19-15-6-5-12(9-16(15)20)11-23-7-1-4-14(18(23)25)17(24)22-21-10-13-3-2-8-26-13/h1-10H,11H2,(H,22,24)/b21-10-. The molecule has 2 heterocycles. The van der Waals surface area contributed by atoms with Crippen molar-refractivity contribution in [1.29, 1.82) is 0 Å². The number of amides is 1. The Morgan fingerprint density at radius 3 is 2.77 bits per heavy atom. The molecule has 26 heavy (non-hydrogen) atoms. The summed E-state index contributed by atoms with van der Waals surface area (Å²) in [6.45, 7) is 0.273. The number of nitrogens with zero attached hydrogens (tertiary/aromatic N) is 2. The highest BCUT2D eigenvalue weighted by atomic mass is 35.5. The van der Waals surface area contributed by atoms with Gasteiger partial charge in [0.15, 0.2) is 0 Å². The van der Waals surface area contributed by atoms with Gasteiger partial charge in [-0.1, -0.05) is 35.3 Å². The minimum atomic E-state index is -0.564. The molecule has 0 spiro atoms. The molecule has 0 radical (unpaired) electrons. The number of nitrogens with one attached hydrogen (secondary N) is 1. The van der Waals surface area contributed by atoms with Gasteiger partial charge < -0.3 is 4.57 Å². The van der Waals surface area contributed by atoms with Crippen molar-refractivity contribution in [3.05, 3.63) is 90.4 Å². The Balaban J connectivity index is 1.76. The Morgan fingerprint density at radius 2 is 2.04 bits per heavy atom. The van der Waals surface area contributed by atoms with Gasteiger partial charge in [0.25, 0.3) is 11.5 Å². The zero-order chi connectivity index (χ0) is 18.5. The zero-order valence-corrected chi connectivity index (χ0v) is 15.7. The van der Waals surface area contributed by atoms with Crippen LogP contribution in [0.15, 0.2) is 63.9 Å². The van der Waals surface area contributed by atoms with E-state index in [4.69, 9.17) is 23.2 Å². The van der Waals surface area contributed by atoms with Crippen molar-refractivity contribution in [1.82, 2.24) is 9.99 Å². The number of pyridine rings is 1. The van der Waals surface area contributed by atoms with Crippen molar-refractivity contribution in [2.75, 3.05) is 0 Å². The summed E-state index contributed by atoms with van der Waals surface area (Å²) < 4.78 is 1.43. The van der Waals surface area contributed by atoms with E-state index in [-0.39, 0.29) is 12.1 Å². The first-order valence-electron chi connectivity index (χ1n) is 7.55. The Hall–Kier alpha value is -2.41. The number of aromatic nitrogens is 1. The third-order valence-electron chi connectivity index (χ3n) is 3.50. The van der Waals surface area contributed by atoms with Crippen LogP contribution in [0.3, 0.4) is 0 Å². The molecule has 5 nitrogen and oxygen atoms in total. The van der Waals surface area contributed by atoms with Crippen LogP contribution in [0, 0.1) is 0 Å². The number of carbonyl (C=O) groups excluding carboxylic acids is 1. The van der Waals surface area contributed by atoms with E-state index in [9.17, 15) is 9.59 Å². The van der Waals surface area contributed by atoms with E-state index in [2.05, 4.69) is 10.5 Å². The van der Waals surface area contributed by atoms with Gasteiger partial charge in [-0.3, -0.25) is 9.59 Å². The van der Waals surface area contributed by atoms with Crippen LogP contribution in [0.5, 0.6) is 0 Å². The lowest BCUT2D eigenvalue weighted by atomic mass is 10.2. The van der Waals surface area contributed by atoms with Crippen LogP contribution in [0.2, 0.25) is 10.0 Å². The Bertz CT molecular complexity index is 1010. The minimum Gasteiger partial charge on any atom is -0.310 e. The van der Waals surface area contributed by atoms with Gasteiger partial charge in [0.05, 0.1) is 22.8 Å². The van der Waals surface area contributed by atoms with Gasteiger partial charge in [-0.05, 0) is 41.3 Å². The number of thiophene rings is 1. The molecule has 2 aromatic heterocycles. The van der Waals surface area contributed by atoms with E-state index in [0.717, 1.165) is 10.4 Å². The smallest absolute Gasteiger partial charge is 0.276 e. The summed E-state index contributed by atoms with van der Waals surface area (Å²) in [5, 5.41) is 6.63. The van der Waals surface area contributed by atoms with Gasteiger partial charge in [0.1, 0.15) is 5.56 Å². The van der Waals surface area contributed by atoms with Crippen LogP contribution < -0.4 is 11.0 Å². The van der Waals surface area contributed by atoms with Crippen LogP contribution in [-0.4, -0.2) is 16.7 Å². The maximum absolute atomic E-state index is 12.6. The minimum absolute atomic E-state index is 0.0101. The van der Waals surface area contributed by atoms with Crippen molar-refractivity contribution < 1.29 is 4.79 Å². The first-order chi connectivity index (χ1) is 12.5. The average Bonchev–Trinajstić information content (AvgIpc) is 3.13. The lowest BCUT2D eigenvalue weighted by Gasteiger charge is -2.08. The largest absolute Gasteiger partial charge is 0.310 e. The highest BCUT2D eigenvalue weighted by Crippen LogP contribution is 2.22. The molecule has 8 heteroatoms. The molecule has 1 aromatic carbocycles. The predicted molar refractivity (Wildman–Crippen MR) is 106 cm³/mol. The second kappa shape index (κ2) is 8.31. The average molecular weight is 406 g/mol. The molecule has 1 N–H and O–H groups in total. The van der Waals surface area contributed by atoms with Gasteiger partial charge >= 0.3 is 0 Å². The third kappa shape index (κ3) is 4.40. The molecule has 3 rings (SSSR count). The van der Waals surface area contributed by atoms with Gasteiger partial charge in [0, 0.05) is 11.1 Å². The Kier molecular flexibility index (Phi) is 5.88. The molecule has 0 aliphatic rings. The summed E-state index contributed by atoms with van der Waals surface area (Å²) in [7, 11) is 0. The molecule has 0 saturated heterocycles. The maximum Gasteiger partial charge on any atom is 0.276 e. The first-order valence-corrected chi connectivity index (χ1v) is 9.18. The number of hydrazone groups is 1. The third-order valence-corrected chi connectivity index (χ3v) is 5.05. The van der Waals surface area contributed by atoms with Crippen molar-refractivity contribution in [2.24, 2.45) is 5.10 Å². The molecule has 3 aromatic rings. The van der Waals surface area contributed by atoms with Crippen molar-refractivity contribution in [3.8, 4) is 0 Å². The quantitative estimate of drug-likeness (QED) is 0.514. The summed E-state index contributed by atoms with van der Waals surface area (Å²) in [6.07, 6.45) is 3.14. The topological polar surface area (TPSA) is 63.5 Å². The van der Waals surface area contributed by atoms with Crippen LogP contribution in [0.1, 0.15) is 20.8 Å². The van der Waals surface area contributed by atoms with Gasteiger partial charge in [-0.15, -0.1) is 11.3 Å². The molecule has 0 fully saturated rings. The van der Waals surface area contributed by atoms with Crippen LogP contribution in [0.25, 0.3) is 0 Å². The summed E-state index contributed by atoms with van der Waals surface area (Å²) in [6, 6.07) is 12.0. The Labute approximate surface area is 163 Å². The first kappa shape index (κ1) is 18.4. The van der Waals surface area contributed by atoms with E-state index in [1.807, 2.05) is 17.5 Å². The van der Waals surface area contributed by atoms with Crippen LogP contribution in [-0.2, 0) is 6.54 Å². The molecule has 0 unspecified atom stereocenters. The number of hydrogen-bond acceptors (Lipinski definition) is 4. The van der Waals surface area contributed by atoms with Gasteiger partial charge in [0.2, 0.25) is 0 Å². The molecule has 0 bridgehead atoms. The number of carbonyl (C=O) groups is 1. The predicted octanol–water partition coefficient (Wildman–Crippen LogP) is 4.03. The van der Waals surface area contributed by atoms with Crippen molar-refractivity contribution in [3.63, 3.8) is 0 Å². The lowest BCUT2D eigenvalue weighted by molar-refractivity contribution is 0.0953. The normalized spacial score (nSPS) is 11.0. The van der Waals surface area contributed by atoms with E-state index >= 15 is 0 Å². The fraction of sp³-hybridized carbons (Fsp3) is 0.0556.